The summed E-state index contributed by atoms with van der Waals surface area (Å²) < 4.78 is 22.8. The summed E-state index contributed by atoms with van der Waals surface area (Å²) in [6.45, 7) is 2.71. The lowest BCUT2D eigenvalue weighted by atomic mass is 9.93. The number of methoxy groups -OCH3 is 2. The predicted octanol–water partition coefficient (Wildman–Crippen LogP) is 1.60. The average molecular weight is 458 g/mol. The van der Waals surface area contributed by atoms with Crippen LogP contribution in [0.4, 0.5) is 11.8 Å². The number of hydrogen-bond acceptors (Lipinski definition) is 9. The monoisotopic (exact) mass is 457 g/mol. The van der Waals surface area contributed by atoms with Gasteiger partial charge in [0.15, 0.2) is 17.6 Å². The minimum Gasteiger partial charge on any atom is -0.493 e. The number of carbonyl (C=O) groups excluding carboxylic acids is 1. The van der Waals surface area contributed by atoms with Crippen molar-refractivity contribution < 1.29 is 23.7 Å². The zero-order chi connectivity index (χ0) is 22.9. The van der Waals surface area contributed by atoms with E-state index >= 15 is 0 Å². The summed E-state index contributed by atoms with van der Waals surface area (Å²) in [7, 11) is 3.16. The van der Waals surface area contributed by atoms with Gasteiger partial charge in [-0.2, -0.15) is 4.98 Å². The van der Waals surface area contributed by atoms with Crippen LogP contribution in [0.2, 0.25) is 0 Å². The zero-order valence-electron chi connectivity index (χ0n) is 19.2. The Hall–Kier alpha value is -2.85. The molecule has 1 aromatic carbocycles. The Balaban J connectivity index is 1.25. The van der Waals surface area contributed by atoms with Gasteiger partial charge in [-0.1, -0.05) is 12.8 Å². The highest BCUT2D eigenvalue weighted by atomic mass is 16.6. The van der Waals surface area contributed by atoms with E-state index in [0.29, 0.717) is 67.0 Å². The van der Waals surface area contributed by atoms with Gasteiger partial charge in [-0.3, -0.25) is 4.79 Å². The number of aromatic nitrogens is 2. The number of piperazine rings is 1. The Morgan fingerprint density at radius 2 is 1.73 bits per heavy atom. The van der Waals surface area contributed by atoms with Crippen LogP contribution < -0.4 is 20.1 Å². The third-order valence-electron chi connectivity index (χ3n) is 6.81. The Bertz CT molecular complexity index is 1030. The molecule has 3 atom stereocenters. The maximum atomic E-state index is 13.1. The summed E-state index contributed by atoms with van der Waals surface area (Å²) >= 11 is 0. The van der Waals surface area contributed by atoms with Crippen LogP contribution in [-0.4, -0.2) is 86.1 Å². The maximum Gasteiger partial charge on any atom is 0.254 e. The normalized spacial score (nSPS) is 25.6. The number of hydrogen-bond donors (Lipinski definition) is 1. The number of amides is 1. The van der Waals surface area contributed by atoms with Crippen LogP contribution in [0.3, 0.4) is 0 Å². The molecule has 2 aromatic rings. The van der Waals surface area contributed by atoms with Gasteiger partial charge in [0.1, 0.15) is 5.82 Å². The van der Waals surface area contributed by atoms with Gasteiger partial charge in [-0.25, -0.2) is 4.98 Å². The summed E-state index contributed by atoms with van der Waals surface area (Å²) in [6.07, 6.45) is 3.99. The lowest BCUT2D eigenvalue weighted by Gasteiger charge is -2.41. The van der Waals surface area contributed by atoms with Crippen LogP contribution in [0.25, 0.3) is 10.9 Å². The number of ether oxygens (including phenoxy) is 4. The molecule has 33 heavy (non-hydrogen) atoms. The van der Waals surface area contributed by atoms with Crippen molar-refractivity contribution in [1.29, 1.82) is 0 Å². The lowest BCUT2D eigenvalue weighted by Crippen LogP contribution is -2.56. The number of nitrogens with zero attached hydrogens (tertiary/aromatic N) is 4. The predicted molar refractivity (Wildman–Crippen MR) is 123 cm³/mol. The molecule has 2 saturated heterocycles. The van der Waals surface area contributed by atoms with Crippen LogP contribution in [-0.2, 0) is 14.3 Å². The minimum atomic E-state index is -0.508. The molecule has 3 heterocycles. The summed E-state index contributed by atoms with van der Waals surface area (Å²) in [4.78, 5) is 26.2. The molecule has 178 valence electrons. The Labute approximate surface area is 192 Å². The van der Waals surface area contributed by atoms with Crippen molar-refractivity contribution >= 4 is 28.6 Å². The molecular formula is C23H31N5O5. The smallest absolute Gasteiger partial charge is 0.254 e. The maximum absolute atomic E-state index is 13.1. The first-order valence-corrected chi connectivity index (χ1v) is 11.6. The first-order valence-electron chi connectivity index (χ1n) is 11.6. The van der Waals surface area contributed by atoms with Crippen LogP contribution in [0.1, 0.15) is 25.7 Å². The molecule has 10 heteroatoms. The largest absolute Gasteiger partial charge is 0.493 e. The van der Waals surface area contributed by atoms with Crippen molar-refractivity contribution in [1.82, 2.24) is 14.9 Å². The van der Waals surface area contributed by atoms with Gasteiger partial charge in [-0.15, -0.1) is 0 Å². The molecule has 5 rings (SSSR count). The molecule has 3 fully saturated rings. The van der Waals surface area contributed by atoms with Gasteiger partial charge >= 0.3 is 0 Å². The Kier molecular flexibility index (Phi) is 6.11. The van der Waals surface area contributed by atoms with Crippen molar-refractivity contribution in [3.05, 3.63) is 12.1 Å². The van der Waals surface area contributed by atoms with Crippen molar-refractivity contribution in [3.63, 3.8) is 0 Å². The van der Waals surface area contributed by atoms with E-state index in [1.165, 1.54) is 6.42 Å². The highest BCUT2D eigenvalue weighted by Crippen LogP contribution is 2.34. The van der Waals surface area contributed by atoms with E-state index in [4.69, 9.17) is 29.7 Å². The number of anilines is 2. The van der Waals surface area contributed by atoms with Crippen LogP contribution in [0, 0.1) is 0 Å². The molecule has 1 amide bonds. The SMILES string of the molecule is COc1cc2nc(N3CCN(C(=O)[C@@H]4CO[C@H]5CCCC[C@H]5O4)CC3)nc(N)c2cc1OC. The molecule has 0 bridgehead atoms. The molecule has 3 aliphatic rings. The number of nitrogen functional groups attached to an aromatic ring is 1. The Morgan fingerprint density at radius 3 is 2.45 bits per heavy atom. The molecule has 2 aliphatic heterocycles. The quantitative estimate of drug-likeness (QED) is 0.731. The number of benzene rings is 1. The average Bonchev–Trinajstić information content (AvgIpc) is 2.87. The molecule has 0 spiro atoms. The van der Waals surface area contributed by atoms with Crippen LogP contribution >= 0.6 is 0 Å². The van der Waals surface area contributed by atoms with E-state index < -0.39 is 6.10 Å². The molecule has 0 unspecified atom stereocenters. The molecule has 0 radical (unpaired) electrons. The zero-order valence-corrected chi connectivity index (χ0v) is 19.2. The molecular weight excluding hydrogens is 426 g/mol. The summed E-state index contributed by atoms with van der Waals surface area (Å²) in [5.41, 5.74) is 6.92. The number of carbonyl (C=O) groups is 1. The lowest BCUT2D eigenvalue weighted by molar-refractivity contribution is -0.201. The molecule has 1 aromatic heterocycles. The minimum absolute atomic E-state index is 0.00875. The van der Waals surface area contributed by atoms with Crippen LogP contribution in [0.15, 0.2) is 12.1 Å². The third kappa shape index (κ3) is 4.24. The van der Waals surface area contributed by atoms with Gasteiger partial charge in [0, 0.05) is 37.6 Å². The van der Waals surface area contributed by atoms with E-state index in [1.807, 2.05) is 9.80 Å². The van der Waals surface area contributed by atoms with Crippen molar-refractivity contribution in [2.75, 3.05) is 57.6 Å². The first kappa shape index (κ1) is 22.0. The van der Waals surface area contributed by atoms with Crippen molar-refractivity contribution in [2.24, 2.45) is 0 Å². The molecule has 10 nitrogen and oxygen atoms in total. The van der Waals surface area contributed by atoms with E-state index in [0.717, 1.165) is 19.3 Å². The van der Waals surface area contributed by atoms with E-state index in [9.17, 15) is 4.79 Å². The second kappa shape index (κ2) is 9.18. The number of rotatable bonds is 4. The van der Waals surface area contributed by atoms with E-state index in [1.54, 1.807) is 26.4 Å². The fraction of sp³-hybridized carbons (Fsp3) is 0.609. The molecule has 2 N–H and O–H groups in total. The number of fused-ring (bicyclic) bond motifs is 2. The molecule has 1 aliphatic carbocycles. The van der Waals surface area contributed by atoms with Gasteiger partial charge < -0.3 is 34.5 Å². The van der Waals surface area contributed by atoms with E-state index in [2.05, 4.69) is 4.98 Å². The van der Waals surface area contributed by atoms with E-state index in [-0.39, 0.29) is 18.1 Å². The fourth-order valence-electron chi connectivity index (χ4n) is 4.94. The first-order chi connectivity index (χ1) is 16.1. The van der Waals surface area contributed by atoms with Gasteiger partial charge in [-0.05, 0) is 18.9 Å². The standard InChI is InChI=1S/C23H31N5O5/c1-30-18-11-14-15(12-19(18)31-2)25-23(26-21(14)24)28-9-7-27(8-10-28)22(29)20-13-32-16-5-3-4-6-17(16)33-20/h11-12,16-17,20H,3-10,13H2,1-2H3,(H2,24,25,26)/t16-,17+,20-/m0/s1. The second-order valence-corrected chi connectivity index (χ2v) is 8.76. The fourth-order valence-corrected chi connectivity index (χ4v) is 4.94. The molecule has 1 saturated carbocycles. The Morgan fingerprint density at radius 1 is 1.03 bits per heavy atom. The second-order valence-electron chi connectivity index (χ2n) is 8.76. The van der Waals surface area contributed by atoms with Gasteiger partial charge in [0.2, 0.25) is 5.95 Å². The summed E-state index contributed by atoms with van der Waals surface area (Å²) in [5, 5.41) is 0.709. The van der Waals surface area contributed by atoms with Crippen molar-refractivity contribution in [2.45, 2.75) is 44.0 Å². The van der Waals surface area contributed by atoms with Crippen molar-refractivity contribution in [3.8, 4) is 11.5 Å². The van der Waals surface area contributed by atoms with Crippen LogP contribution in [0.5, 0.6) is 11.5 Å². The highest BCUT2D eigenvalue weighted by molar-refractivity contribution is 5.91. The summed E-state index contributed by atoms with van der Waals surface area (Å²) in [5.74, 6) is 2.09. The van der Waals surface area contributed by atoms with Gasteiger partial charge in [0.25, 0.3) is 5.91 Å². The highest BCUT2D eigenvalue weighted by Gasteiger charge is 2.39. The number of nitrogens with two attached hydrogens (primary N) is 1. The topological polar surface area (TPSA) is 112 Å². The van der Waals surface area contributed by atoms with Gasteiger partial charge in [0.05, 0.1) is 38.6 Å². The summed E-state index contributed by atoms with van der Waals surface area (Å²) in [6, 6.07) is 3.58. The third-order valence-corrected chi connectivity index (χ3v) is 6.81.